The van der Waals surface area contributed by atoms with E-state index < -0.39 is 0 Å². The Hall–Kier alpha value is -0.120. The summed E-state index contributed by atoms with van der Waals surface area (Å²) in [5, 5.41) is 13.0. The molecule has 3 nitrogen and oxygen atoms in total. The van der Waals surface area contributed by atoms with Gasteiger partial charge in [-0.15, -0.1) is 0 Å². The molecule has 2 unspecified atom stereocenters. The summed E-state index contributed by atoms with van der Waals surface area (Å²) in [6.07, 6.45) is 1.73. The number of piperidine rings is 1. The van der Waals surface area contributed by atoms with Crippen LogP contribution in [-0.4, -0.2) is 37.5 Å². The molecule has 0 bridgehead atoms. The Labute approximate surface area is 86.8 Å². The lowest BCUT2D eigenvalue weighted by Crippen LogP contribution is -2.40. The van der Waals surface area contributed by atoms with Crippen LogP contribution >= 0.6 is 0 Å². The van der Waals surface area contributed by atoms with Crippen LogP contribution in [0.4, 0.5) is 0 Å². The first kappa shape index (κ1) is 12.0. The first-order valence-electron chi connectivity index (χ1n) is 5.66. The maximum absolute atomic E-state index is 9.68. The van der Waals surface area contributed by atoms with Gasteiger partial charge in [0.05, 0.1) is 6.10 Å². The molecular weight excluding hydrogens is 178 g/mol. The van der Waals surface area contributed by atoms with Crippen LogP contribution in [-0.2, 0) is 4.74 Å². The van der Waals surface area contributed by atoms with Gasteiger partial charge in [-0.2, -0.15) is 0 Å². The monoisotopic (exact) mass is 201 g/mol. The Bertz CT molecular complexity index is 150. The van der Waals surface area contributed by atoms with E-state index in [9.17, 15) is 5.11 Å². The summed E-state index contributed by atoms with van der Waals surface area (Å²) in [5.41, 5.74) is 0. The highest BCUT2D eigenvalue weighted by Crippen LogP contribution is 2.15. The largest absolute Gasteiger partial charge is 0.393 e. The van der Waals surface area contributed by atoms with E-state index in [4.69, 9.17) is 4.74 Å². The van der Waals surface area contributed by atoms with Gasteiger partial charge in [0.2, 0.25) is 0 Å². The van der Waals surface area contributed by atoms with Crippen molar-refractivity contribution in [1.82, 2.24) is 5.32 Å². The fourth-order valence-corrected chi connectivity index (χ4v) is 1.76. The van der Waals surface area contributed by atoms with Crippen LogP contribution in [0.25, 0.3) is 0 Å². The van der Waals surface area contributed by atoms with Crippen molar-refractivity contribution in [3.63, 3.8) is 0 Å². The van der Waals surface area contributed by atoms with Crippen molar-refractivity contribution >= 4 is 0 Å². The van der Waals surface area contributed by atoms with Gasteiger partial charge in [0, 0.05) is 19.8 Å². The zero-order chi connectivity index (χ0) is 10.4. The summed E-state index contributed by atoms with van der Waals surface area (Å²) in [6, 6.07) is 0. The molecule has 1 rings (SSSR count). The molecule has 0 amide bonds. The van der Waals surface area contributed by atoms with Crippen molar-refractivity contribution in [2.24, 2.45) is 11.8 Å². The third kappa shape index (κ3) is 4.40. The van der Waals surface area contributed by atoms with Crippen LogP contribution in [0, 0.1) is 11.8 Å². The number of rotatable bonds is 5. The average molecular weight is 201 g/mol. The Kier molecular flexibility index (Phi) is 5.45. The van der Waals surface area contributed by atoms with Crippen molar-refractivity contribution in [3.05, 3.63) is 0 Å². The van der Waals surface area contributed by atoms with Gasteiger partial charge in [-0.1, -0.05) is 13.8 Å². The Morgan fingerprint density at radius 1 is 1.50 bits per heavy atom. The molecule has 0 aromatic carbocycles. The summed E-state index contributed by atoms with van der Waals surface area (Å²) in [5.74, 6) is 0.986. The number of nitrogens with one attached hydrogen (secondary N) is 1. The van der Waals surface area contributed by atoms with Crippen molar-refractivity contribution in [2.75, 3.05) is 26.3 Å². The first-order valence-corrected chi connectivity index (χ1v) is 5.66. The van der Waals surface area contributed by atoms with Crippen molar-refractivity contribution < 1.29 is 9.84 Å². The van der Waals surface area contributed by atoms with Gasteiger partial charge in [0.25, 0.3) is 0 Å². The van der Waals surface area contributed by atoms with Crippen molar-refractivity contribution in [2.45, 2.75) is 32.8 Å². The van der Waals surface area contributed by atoms with Crippen LogP contribution in [0.3, 0.4) is 0 Å². The quantitative estimate of drug-likeness (QED) is 0.653. The molecule has 1 aliphatic rings. The first-order chi connectivity index (χ1) is 6.70. The summed E-state index contributed by atoms with van der Waals surface area (Å²) in [6.45, 7) is 7.79. The zero-order valence-corrected chi connectivity index (χ0v) is 9.33. The Morgan fingerprint density at radius 2 is 2.29 bits per heavy atom. The van der Waals surface area contributed by atoms with Gasteiger partial charge in [-0.3, -0.25) is 0 Å². The van der Waals surface area contributed by atoms with E-state index in [0.29, 0.717) is 11.8 Å². The normalized spacial score (nSPS) is 28.3. The van der Waals surface area contributed by atoms with E-state index in [2.05, 4.69) is 19.2 Å². The average Bonchev–Trinajstić information content (AvgIpc) is 2.15. The predicted octanol–water partition coefficient (Wildman–Crippen LogP) is 1.02. The smallest absolute Gasteiger partial charge is 0.0593 e. The second kappa shape index (κ2) is 6.38. The summed E-state index contributed by atoms with van der Waals surface area (Å²) < 4.78 is 5.51. The van der Waals surface area contributed by atoms with Crippen LogP contribution in [0.15, 0.2) is 0 Å². The van der Waals surface area contributed by atoms with E-state index in [1.165, 1.54) is 0 Å². The minimum atomic E-state index is -0.126. The van der Waals surface area contributed by atoms with E-state index in [-0.39, 0.29) is 6.10 Å². The second-order valence-electron chi connectivity index (χ2n) is 4.58. The lowest BCUT2D eigenvalue weighted by Gasteiger charge is -2.28. The molecule has 1 fully saturated rings. The third-order valence-corrected chi connectivity index (χ3v) is 2.65. The number of hydrogen-bond donors (Lipinski definition) is 2. The Balaban J connectivity index is 2.04. The van der Waals surface area contributed by atoms with E-state index >= 15 is 0 Å². The third-order valence-electron chi connectivity index (χ3n) is 2.65. The molecule has 0 radical (unpaired) electrons. The SMILES string of the molecule is CC(C)COCCC1CNCCC1O. The molecule has 0 aliphatic carbocycles. The molecule has 2 atom stereocenters. The molecule has 2 N–H and O–H groups in total. The van der Waals surface area contributed by atoms with E-state index in [0.717, 1.165) is 39.1 Å². The number of aliphatic hydroxyl groups is 1. The van der Waals surface area contributed by atoms with Crippen LogP contribution in [0.1, 0.15) is 26.7 Å². The fourth-order valence-electron chi connectivity index (χ4n) is 1.76. The van der Waals surface area contributed by atoms with Gasteiger partial charge in [0.1, 0.15) is 0 Å². The molecule has 3 heteroatoms. The summed E-state index contributed by atoms with van der Waals surface area (Å²) >= 11 is 0. The molecule has 1 aliphatic heterocycles. The van der Waals surface area contributed by atoms with Gasteiger partial charge in [0.15, 0.2) is 0 Å². The molecule has 1 heterocycles. The lowest BCUT2D eigenvalue weighted by molar-refractivity contribution is 0.0415. The molecule has 0 aromatic heterocycles. The van der Waals surface area contributed by atoms with Gasteiger partial charge >= 0.3 is 0 Å². The standard InChI is InChI=1S/C11H23NO2/c1-9(2)8-14-6-4-10-7-12-5-3-11(10)13/h9-13H,3-8H2,1-2H3. The topological polar surface area (TPSA) is 41.5 Å². The molecule has 0 saturated carbocycles. The highest BCUT2D eigenvalue weighted by atomic mass is 16.5. The fraction of sp³-hybridized carbons (Fsp3) is 1.00. The maximum atomic E-state index is 9.68. The van der Waals surface area contributed by atoms with E-state index in [1.54, 1.807) is 0 Å². The van der Waals surface area contributed by atoms with Crippen LogP contribution in [0.2, 0.25) is 0 Å². The summed E-state index contributed by atoms with van der Waals surface area (Å²) in [7, 11) is 0. The number of ether oxygens (including phenoxy) is 1. The minimum Gasteiger partial charge on any atom is -0.393 e. The maximum Gasteiger partial charge on any atom is 0.0593 e. The summed E-state index contributed by atoms with van der Waals surface area (Å²) in [4.78, 5) is 0. The highest BCUT2D eigenvalue weighted by molar-refractivity contribution is 4.76. The lowest BCUT2D eigenvalue weighted by atomic mass is 9.93. The van der Waals surface area contributed by atoms with Crippen molar-refractivity contribution in [1.29, 1.82) is 0 Å². The Morgan fingerprint density at radius 3 is 2.93 bits per heavy atom. The molecule has 0 spiro atoms. The van der Waals surface area contributed by atoms with Gasteiger partial charge in [-0.25, -0.2) is 0 Å². The number of hydrogen-bond acceptors (Lipinski definition) is 3. The van der Waals surface area contributed by atoms with Crippen LogP contribution < -0.4 is 5.32 Å². The minimum absolute atomic E-state index is 0.126. The van der Waals surface area contributed by atoms with E-state index in [1.807, 2.05) is 0 Å². The highest BCUT2D eigenvalue weighted by Gasteiger charge is 2.22. The molecule has 1 saturated heterocycles. The molecular formula is C11H23NO2. The molecule has 84 valence electrons. The predicted molar refractivity (Wildman–Crippen MR) is 57.3 cm³/mol. The number of aliphatic hydroxyl groups excluding tert-OH is 1. The van der Waals surface area contributed by atoms with Gasteiger partial charge < -0.3 is 15.2 Å². The second-order valence-corrected chi connectivity index (χ2v) is 4.58. The van der Waals surface area contributed by atoms with Crippen molar-refractivity contribution in [3.8, 4) is 0 Å². The molecule has 0 aromatic rings. The zero-order valence-electron chi connectivity index (χ0n) is 9.33. The van der Waals surface area contributed by atoms with Crippen LogP contribution in [0.5, 0.6) is 0 Å². The molecule has 14 heavy (non-hydrogen) atoms. The van der Waals surface area contributed by atoms with Gasteiger partial charge in [-0.05, 0) is 31.2 Å².